The molecule has 0 spiro atoms. The van der Waals surface area contributed by atoms with Crippen LogP contribution in [0, 0.1) is 6.92 Å². The Kier molecular flexibility index (Phi) is 2.35. The van der Waals surface area contributed by atoms with Gasteiger partial charge in [-0.1, -0.05) is 6.07 Å². The zero-order valence-electron chi connectivity index (χ0n) is 9.56. The average molecular weight is 244 g/mol. The molecular weight excluding hydrogens is 232 g/mol. The van der Waals surface area contributed by atoms with Crippen LogP contribution in [0.4, 0.5) is 0 Å². The third kappa shape index (κ3) is 1.61. The maximum Gasteiger partial charge on any atom is 0.235 e. The van der Waals surface area contributed by atoms with Crippen molar-refractivity contribution in [3.05, 3.63) is 28.8 Å². The summed E-state index contributed by atoms with van der Waals surface area (Å²) in [6, 6.07) is 6.22. The molecule has 0 atom stereocenters. The number of aryl methyl sites for hydroxylation is 1. The van der Waals surface area contributed by atoms with Gasteiger partial charge in [0.1, 0.15) is 0 Å². The summed E-state index contributed by atoms with van der Waals surface area (Å²) in [5.74, 6) is 0. The number of fused-ring (bicyclic) bond motifs is 1. The molecule has 3 rings (SSSR count). The lowest BCUT2D eigenvalue weighted by atomic mass is 9.72. The van der Waals surface area contributed by atoms with E-state index in [1.54, 1.807) is 17.4 Å². The molecule has 86 valence electrons. The van der Waals surface area contributed by atoms with Crippen LogP contribution < -0.4 is 0 Å². The highest BCUT2D eigenvalue weighted by Gasteiger charge is 2.38. The lowest BCUT2D eigenvalue weighted by Gasteiger charge is -2.37. The second kappa shape index (κ2) is 3.76. The zero-order chi connectivity index (χ0) is 11.9. The molecule has 1 fully saturated rings. The number of benzene rings is 1. The van der Waals surface area contributed by atoms with Crippen LogP contribution in [0.5, 0.6) is 0 Å². The molecule has 1 saturated carbocycles. The van der Waals surface area contributed by atoms with E-state index in [1.165, 1.54) is 4.70 Å². The molecule has 0 amide bonds. The topological polar surface area (TPSA) is 42.3 Å². The summed E-state index contributed by atoms with van der Waals surface area (Å²) in [5, 5.41) is 1.07. The summed E-state index contributed by atoms with van der Waals surface area (Å²) in [4.78, 5) is 19.0. The summed E-state index contributed by atoms with van der Waals surface area (Å²) >= 11 is 1.69. The second-order valence-corrected chi connectivity index (χ2v) is 5.74. The molecule has 1 aromatic carbocycles. The maximum atomic E-state index is 10.5. The zero-order valence-corrected chi connectivity index (χ0v) is 10.4. The second-order valence-electron chi connectivity index (χ2n) is 4.50. The van der Waals surface area contributed by atoms with Crippen molar-refractivity contribution in [3.8, 4) is 0 Å². The number of hydrogen-bond acceptors (Lipinski definition) is 4. The lowest BCUT2D eigenvalue weighted by Crippen LogP contribution is -2.31. The summed E-state index contributed by atoms with van der Waals surface area (Å²) in [6.07, 6.45) is 4.73. The first-order chi connectivity index (χ1) is 8.23. The Morgan fingerprint density at radius 2 is 2.29 bits per heavy atom. The molecular formula is C13H12N2OS. The van der Waals surface area contributed by atoms with Crippen LogP contribution in [-0.4, -0.2) is 11.1 Å². The molecule has 0 N–H and O–H groups in total. The third-order valence-electron chi connectivity index (χ3n) is 3.47. The molecule has 0 radical (unpaired) electrons. The van der Waals surface area contributed by atoms with E-state index in [2.05, 4.69) is 28.2 Å². The number of carbonyl (C=O) groups excluding carboxylic acids is 1. The van der Waals surface area contributed by atoms with Gasteiger partial charge in [0.05, 0.1) is 20.8 Å². The first-order valence-electron chi connectivity index (χ1n) is 5.70. The van der Waals surface area contributed by atoms with Gasteiger partial charge in [-0.25, -0.2) is 9.78 Å². The highest BCUT2D eigenvalue weighted by molar-refractivity contribution is 7.18. The van der Waals surface area contributed by atoms with Gasteiger partial charge in [-0.15, -0.1) is 11.3 Å². The largest absolute Gasteiger partial charge is 0.242 e. The molecule has 0 unspecified atom stereocenters. The number of isocyanates is 1. The Bertz CT molecular complexity index is 621. The third-order valence-corrected chi connectivity index (χ3v) is 4.42. The molecule has 4 heteroatoms. The van der Waals surface area contributed by atoms with Crippen molar-refractivity contribution in [3.63, 3.8) is 0 Å². The Labute approximate surface area is 103 Å². The predicted octanol–water partition coefficient (Wildman–Crippen LogP) is 3.32. The summed E-state index contributed by atoms with van der Waals surface area (Å²) in [6.45, 7) is 2.01. The molecule has 2 aromatic rings. The molecule has 1 heterocycles. The minimum Gasteiger partial charge on any atom is -0.242 e. The van der Waals surface area contributed by atoms with E-state index in [0.717, 1.165) is 35.4 Å². The molecule has 1 aliphatic rings. The number of hydrogen-bond donors (Lipinski definition) is 0. The smallest absolute Gasteiger partial charge is 0.235 e. The van der Waals surface area contributed by atoms with E-state index in [9.17, 15) is 4.79 Å². The van der Waals surface area contributed by atoms with E-state index in [-0.39, 0.29) is 5.54 Å². The van der Waals surface area contributed by atoms with Crippen molar-refractivity contribution in [2.45, 2.75) is 31.7 Å². The molecule has 1 aromatic heterocycles. The van der Waals surface area contributed by atoms with E-state index in [4.69, 9.17) is 0 Å². The Balaban J connectivity index is 2.13. The summed E-state index contributed by atoms with van der Waals surface area (Å²) < 4.78 is 1.19. The van der Waals surface area contributed by atoms with E-state index >= 15 is 0 Å². The monoisotopic (exact) mass is 244 g/mol. The number of aliphatic imine (C=N–C) groups is 1. The highest BCUT2D eigenvalue weighted by Crippen LogP contribution is 2.45. The number of rotatable bonds is 2. The van der Waals surface area contributed by atoms with Crippen LogP contribution >= 0.6 is 11.3 Å². The van der Waals surface area contributed by atoms with E-state index < -0.39 is 0 Å². The van der Waals surface area contributed by atoms with Crippen LogP contribution in [0.15, 0.2) is 23.2 Å². The van der Waals surface area contributed by atoms with Gasteiger partial charge >= 0.3 is 0 Å². The standard InChI is InChI=1S/C13H12N2OS/c1-9-15-11-7-10(3-4-12(11)17-9)13(14-8-16)5-2-6-13/h3-4,7H,2,5-6H2,1H3. The normalized spacial score (nSPS) is 17.5. The first-order valence-corrected chi connectivity index (χ1v) is 6.52. The van der Waals surface area contributed by atoms with Crippen LogP contribution in [0.3, 0.4) is 0 Å². The highest BCUT2D eigenvalue weighted by atomic mass is 32.1. The SMILES string of the molecule is Cc1nc2cc(C3(N=C=O)CCC3)ccc2s1. The maximum absolute atomic E-state index is 10.5. The van der Waals surface area contributed by atoms with Gasteiger partial charge in [-0.3, -0.25) is 0 Å². The minimum absolute atomic E-state index is 0.312. The molecule has 0 saturated heterocycles. The fourth-order valence-electron chi connectivity index (χ4n) is 2.40. The van der Waals surface area contributed by atoms with Crippen LogP contribution in [-0.2, 0) is 10.3 Å². The van der Waals surface area contributed by atoms with Crippen LogP contribution in [0.1, 0.15) is 29.8 Å². The number of thiazole rings is 1. The lowest BCUT2D eigenvalue weighted by molar-refractivity contribution is 0.256. The Hall–Kier alpha value is -1.51. The van der Waals surface area contributed by atoms with Gasteiger partial charge in [0.25, 0.3) is 0 Å². The molecule has 17 heavy (non-hydrogen) atoms. The Morgan fingerprint density at radius 3 is 2.94 bits per heavy atom. The fourth-order valence-corrected chi connectivity index (χ4v) is 3.20. The average Bonchev–Trinajstić information content (AvgIpc) is 2.62. The number of nitrogens with zero attached hydrogens (tertiary/aromatic N) is 2. The van der Waals surface area contributed by atoms with Gasteiger partial charge in [0, 0.05) is 0 Å². The van der Waals surface area contributed by atoms with Crippen molar-refractivity contribution < 1.29 is 4.79 Å². The van der Waals surface area contributed by atoms with Crippen molar-refractivity contribution >= 4 is 27.6 Å². The predicted molar refractivity (Wildman–Crippen MR) is 68.0 cm³/mol. The van der Waals surface area contributed by atoms with Gasteiger partial charge in [0.2, 0.25) is 6.08 Å². The van der Waals surface area contributed by atoms with Crippen molar-refractivity contribution in [1.82, 2.24) is 4.98 Å². The van der Waals surface area contributed by atoms with Crippen LogP contribution in [0.25, 0.3) is 10.2 Å². The summed E-state index contributed by atoms with van der Waals surface area (Å²) in [7, 11) is 0. The molecule has 0 aliphatic heterocycles. The first kappa shape index (κ1) is 10.6. The number of aromatic nitrogens is 1. The van der Waals surface area contributed by atoms with E-state index in [1.807, 2.05) is 6.92 Å². The fraction of sp³-hybridized carbons (Fsp3) is 0.385. The molecule has 1 aliphatic carbocycles. The molecule has 3 nitrogen and oxygen atoms in total. The van der Waals surface area contributed by atoms with Gasteiger partial charge in [0.15, 0.2) is 0 Å². The van der Waals surface area contributed by atoms with Gasteiger partial charge < -0.3 is 0 Å². The van der Waals surface area contributed by atoms with E-state index in [0.29, 0.717) is 0 Å². The minimum atomic E-state index is -0.312. The Morgan fingerprint density at radius 1 is 1.47 bits per heavy atom. The van der Waals surface area contributed by atoms with Gasteiger partial charge in [-0.2, -0.15) is 4.99 Å². The van der Waals surface area contributed by atoms with Crippen molar-refractivity contribution in [1.29, 1.82) is 0 Å². The van der Waals surface area contributed by atoms with Crippen LogP contribution in [0.2, 0.25) is 0 Å². The van der Waals surface area contributed by atoms with Gasteiger partial charge in [-0.05, 0) is 43.9 Å². The molecule has 0 bridgehead atoms. The summed E-state index contributed by atoms with van der Waals surface area (Å²) in [5.41, 5.74) is 1.80. The quantitative estimate of drug-likeness (QED) is 0.600. The van der Waals surface area contributed by atoms with Crippen molar-refractivity contribution in [2.75, 3.05) is 0 Å². The van der Waals surface area contributed by atoms with Crippen molar-refractivity contribution in [2.24, 2.45) is 4.99 Å².